The second kappa shape index (κ2) is 9.25. The van der Waals surface area contributed by atoms with E-state index < -0.39 is 12.5 Å². The fourth-order valence-corrected chi connectivity index (χ4v) is 2.92. The molecule has 1 aromatic heterocycles. The molecule has 0 fully saturated rings. The molecule has 0 bridgehead atoms. The molecule has 2 aromatic carbocycles. The molecule has 0 radical (unpaired) electrons. The van der Waals surface area contributed by atoms with Gasteiger partial charge in [0, 0.05) is 17.5 Å². The number of rotatable bonds is 7. The van der Waals surface area contributed by atoms with E-state index in [0.717, 1.165) is 0 Å². The van der Waals surface area contributed by atoms with Crippen molar-refractivity contribution in [1.29, 1.82) is 0 Å². The maximum absolute atomic E-state index is 12.8. The van der Waals surface area contributed by atoms with Gasteiger partial charge < -0.3 is 4.74 Å². The molecule has 156 valence electrons. The van der Waals surface area contributed by atoms with Gasteiger partial charge >= 0.3 is 6.61 Å². The molecular formula is C21H20F2N4O3. The quantitative estimate of drug-likeness (QED) is 0.473. The molecule has 0 aliphatic rings. The number of hydrogen-bond acceptors (Lipinski definition) is 5. The molecule has 30 heavy (non-hydrogen) atoms. The highest BCUT2D eigenvalue weighted by molar-refractivity contribution is 6.06. The third-order valence-electron chi connectivity index (χ3n) is 4.32. The van der Waals surface area contributed by atoms with Gasteiger partial charge in [0.25, 0.3) is 11.5 Å². The van der Waals surface area contributed by atoms with Crippen LogP contribution in [0.4, 0.5) is 8.78 Å². The van der Waals surface area contributed by atoms with Crippen molar-refractivity contribution in [2.24, 2.45) is 5.10 Å². The van der Waals surface area contributed by atoms with Crippen molar-refractivity contribution in [2.45, 2.75) is 33.4 Å². The molecule has 1 amide bonds. The molecule has 0 unspecified atom stereocenters. The molecule has 0 saturated carbocycles. The van der Waals surface area contributed by atoms with Crippen LogP contribution in [-0.2, 0) is 6.54 Å². The Balaban J connectivity index is 1.90. The van der Waals surface area contributed by atoms with Gasteiger partial charge in [0.05, 0.1) is 11.1 Å². The van der Waals surface area contributed by atoms with Gasteiger partial charge in [-0.05, 0) is 31.5 Å². The summed E-state index contributed by atoms with van der Waals surface area (Å²) in [4.78, 5) is 25.3. The standard InChI is InChI=1S/C21H20F2N4O3/c1-3-11-27-20(29)17-10-5-4-9-16(17)18(26-27)19(28)25-24-13(2)14-7-6-8-15(12-14)30-21(22)23/h4-10,12,21H,3,11H2,1-2H3,(H,25,28)/b24-13+. The van der Waals surface area contributed by atoms with E-state index in [1.54, 1.807) is 43.3 Å². The van der Waals surface area contributed by atoms with Gasteiger partial charge in [-0.15, -0.1) is 0 Å². The van der Waals surface area contributed by atoms with E-state index in [-0.39, 0.29) is 17.0 Å². The van der Waals surface area contributed by atoms with Crippen molar-refractivity contribution in [2.75, 3.05) is 0 Å². The lowest BCUT2D eigenvalue weighted by Gasteiger charge is -2.10. The Hall–Kier alpha value is -3.62. The second-order valence-corrected chi connectivity index (χ2v) is 6.47. The largest absolute Gasteiger partial charge is 0.435 e. The number of amides is 1. The number of fused-ring (bicyclic) bond motifs is 1. The summed E-state index contributed by atoms with van der Waals surface area (Å²) in [5.74, 6) is -0.599. The molecule has 0 aliphatic heterocycles. The first-order valence-corrected chi connectivity index (χ1v) is 9.30. The van der Waals surface area contributed by atoms with Crippen LogP contribution in [0.2, 0.25) is 0 Å². The van der Waals surface area contributed by atoms with Crippen LogP contribution in [0.3, 0.4) is 0 Å². The average molecular weight is 414 g/mol. The summed E-state index contributed by atoms with van der Waals surface area (Å²) < 4.78 is 30.4. The number of hydrogen-bond donors (Lipinski definition) is 1. The van der Waals surface area contributed by atoms with Gasteiger partial charge in [-0.25, -0.2) is 10.1 Å². The Kier molecular flexibility index (Phi) is 6.51. The Morgan fingerprint density at radius 2 is 1.93 bits per heavy atom. The van der Waals surface area contributed by atoms with Crippen molar-refractivity contribution in [3.8, 4) is 5.75 Å². The van der Waals surface area contributed by atoms with E-state index in [1.807, 2.05) is 6.92 Å². The molecular weight excluding hydrogens is 394 g/mol. The summed E-state index contributed by atoms with van der Waals surface area (Å²) in [5.41, 5.74) is 3.12. The first kappa shape index (κ1) is 21.1. The lowest BCUT2D eigenvalue weighted by molar-refractivity contribution is -0.0498. The van der Waals surface area contributed by atoms with Crippen LogP contribution in [-0.4, -0.2) is 28.0 Å². The summed E-state index contributed by atoms with van der Waals surface area (Å²) in [6, 6.07) is 12.7. The molecule has 0 spiro atoms. The molecule has 7 nitrogen and oxygen atoms in total. The second-order valence-electron chi connectivity index (χ2n) is 6.47. The highest BCUT2D eigenvalue weighted by Crippen LogP contribution is 2.17. The summed E-state index contributed by atoms with van der Waals surface area (Å²) in [6.45, 7) is 0.965. The summed E-state index contributed by atoms with van der Waals surface area (Å²) in [5, 5.41) is 9.07. The van der Waals surface area contributed by atoms with Crippen LogP contribution in [0.1, 0.15) is 36.3 Å². The van der Waals surface area contributed by atoms with Crippen molar-refractivity contribution >= 4 is 22.4 Å². The third-order valence-corrected chi connectivity index (χ3v) is 4.32. The number of aryl methyl sites for hydroxylation is 1. The fraction of sp³-hybridized carbons (Fsp3) is 0.238. The molecule has 9 heteroatoms. The molecule has 1 heterocycles. The van der Waals surface area contributed by atoms with Crippen LogP contribution in [0, 0.1) is 0 Å². The Bertz CT molecular complexity index is 1160. The van der Waals surface area contributed by atoms with Gasteiger partial charge in [-0.1, -0.05) is 37.3 Å². The summed E-state index contributed by atoms with van der Waals surface area (Å²) >= 11 is 0. The fourth-order valence-electron chi connectivity index (χ4n) is 2.92. The van der Waals surface area contributed by atoms with Gasteiger partial charge in [0.15, 0.2) is 5.69 Å². The average Bonchev–Trinajstić information content (AvgIpc) is 2.73. The number of halogens is 2. The Morgan fingerprint density at radius 3 is 2.63 bits per heavy atom. The highest BCUT2D eigenvalue weighted by Gasteiger charge is 2.16. The monoisotopic (exact) mass is 414 g/mol. The maximum atomic E-state index is 12.8. The van der Waals surface area contributed by atoms with Gasteiger partial charge in [-0.2, -0.15) is 19.0 Å². The summed E-state index contributed by atoms with van der Waals surface area (Å²) in [7, 11) is 0. The predicted molar refractivity (Wildman–Crippen MR) is 109 cm³/mol. The van der Waals surface area contributed by atoms with Crippen molar-refractivity contribution in [1.82, 2.24) is 15.2 Å². The minimum atomic E-state index is -2.93. The highest BCUT2D eigenvalue weighted by atomic mass is 19.3. The van der Waals surface area contributed by atoms with Crippen LogP contribution >= 0.6 is 0 Å². The van der Waals surface area contributed by atoms with Crippen LogP contribution in [0.15, 0.2) is 58.4 Å². The molecule has 0 aliphatic carbocycles. The zero-order valence-electron chi connectivity index (χ0n) is 16.4. The lowest BCUT2D eigenvalue weighted by atomic mass is 10.1. The van der Waals surface area contributed by atoms with Crippen LogP contribution in [0.25, 0.3) is 10.8 Å². The van der Waals surface area contributed by atoms with Crippen molar-refractivity contribution in [3.05, 3.63) is 70.1 Å². The number of carbonyl (C=O) groups excluding carboxylic acids is 1. The van der Waals surface area contributed by atoms with Crippen molar-refractivity contribution < 1.29 is 18.3 Å². The number of nitrogens with one attached hydrogen (secondary N) is 1. The topological polar surface area (TPSA) is 85.6 Å². The number of nitrogens with zero attached hydrogens (tertiary/aromatic N) is 3. The molecule has 3 rings (SSSR count). The SMILES string of the molecule is CCCn1nc(C(=O)N/N=C(\C)c2cccc(OC(F)F)c2)c2ccccc2c1=O. The number of ether oxygens (including phenoxy) is 1. The molecule has 3 aromatic rings. The van der Waals surface area contributed by atoms with E-state index >= 15 is 0 Å². The number of alkyl halides is 2. The van der Waals surface area contributed by atoms with Gasteiger partial charge in [0.2, 0.25) is 0 Å². The van der Waals surface area contributed by atoms with Gasteiger partial charge in [0.1, 0.15) is 5.75 Å². The van der Waals surface area contributed by atoms with Crippen LogP contribution < -0.4 is 15.7 Å². The first-order chi connectivity index (χ1) is 14.4. The zero-order valence-corrected chi connectivity index (χ0v) is 16.4. The van der Waals surface area contributed by atoms with E-state index in [9.17, 15) is 18.4 Å². The summed E-state index contributed by atoms with van der Waals surface area (Å²) in [6.07, 6.45) is 0.681. The number of hydrazone groups is 1. The van der Waals surface area contributed by atoms with Gasteiger partial charge in [-0.3, -0.25) is 9.59 Å². The van der Waals surface area contributed by atoms with Crippen LogP contribution in [0.5, 0.6) is 5.75 Å². The molecule has 0 saturated heterocycles. The van der Waals surface area contributed by atoms with E-state index in [4.69, 9.17) is 0 Å². The minimum absolute atomic E-state index is 0.0114. The number of aromatic nitrogens is 2. The zero-order chi connectivity index (χ0) is 21.7. The smallest absolute Gasteiger partial charge is 0.387 e. The minimum Gasteiger partial charge on any atom is -0.435 e. The van der Waals surface area contributed by atoms with Crippen molar-refractivity contribution in [3.63, 3.8) is 0 Å². The molecule has 1 N–H and O–H groups in total. The first-order valence-electron chi connectivity index (χ1n) is 9.30. The Labute approximate surface area is 171 Å². The lowest BCUT2D eigenvalue weighted by Crippen LogP contribution is -2.29. The van der Waals surface area contributed by atoms with E-state index in [0.29, 0.717) is 35.0 Å². The normalized spacial score (nSPS) is 11.7. The Morgan fingerprint density at radius 1 is 1.20 bits per heavy atom. The van der Waals surface area contributed by atoms with E-state index in [2.05, 4.69) is 20.4 Å². The molecule has 0 atom stereocenters. The third kappa shape index (κ3) is 4.68. The number of carbonyl (C=O) groups is 1. The predicted octanol–water partition coefficient (Wildman–Crippen LogP) is 3.56. The van der Waals surface area contributed by atoms with E-state index in [1.165, 1.54) is 16.8 Å². The number of benzene rings is 2. The maximum Gasteiger partial charge on any atom is 0.387 e.